The minimum Gasteiger partial charge on any atom is -0.370 e. The van der Waals surface area contributed by atoms with E-state index in [-0.39, 0.29) is 42.3 Å². The smallest absolute Gasteiger partial charge is 0.188 e. The number of nitrogens with two attached hydrogens (primary N) is 1. The molecule has 0 bridgehead atoms. The first-order valence-corrected chi connectivity index (χ1v) is 5.75. The molecule has 0 aliphatic rings. The van der Waals surface area contributed by atoms with Crippen LogP contribution in [-0.4, -0.2) is 12.5 Å². The first-order valence-electron chi connectivity index (χ1n) is 5.75. The highest BCUT2D eigenvalue weighted by molar-refractivity contribution is 14.0. The molecule has 0 unspecified atom stereocenters. The summed E-state index contributed by atoms with van der Waals surface area (Å²) in [7, 11) is 0. The summed E-state index contributed by atoms with van der Waals surface area (Å²) in [6.07, 6.45) is 0. The van der Waals surface area contributed by atoms with E-state index in [9.17, 15) is 4.39 Å². The number of hydrogen-bond donors (Lipinski definition) is 2. The van der Waals surface area contributed by atoms with E-state index in [1.165, 1.54) is 18.2 Å². The number of hydrogen-bond acceptors (Lipinski definition) is 2. The van der Waals surface area contributed by atoms with Gasteiger partial charge in [0.05, 0.1) is 18.2 Å². The molecule has 3 N–H and O–H groups in total. The van der Waals surface area contributed by atoms with Crippen LogP contribution in [0.1, 0.15) is 25.0 Å². The largest absolute Gasteiger partial charge is 0.370 e. The van der Waals surface area contributed by atoms with Gasteiger partial charge in [0.1, 0.15) is 5.82 Å². The Morgan fingerprint density at radius 2 is 2.21 bits per heavy atom. The maximum Gasteiger partial charge on any atom is 0.188 e. The normalized spacial score (nSPS) is 10.8. The molecule has 6 heteroatoms. The lowest BCUT2D eigenvalue weighted by atomic mass is 10.1. The van der Waals surface area contributed by atoms with Crippen molar-refractivity contribution in [2.75, 3.05) is 6.54 Å². The lowest BCUT2D eigenvalue weighted by Crippen LogP contribution is -2.34. The molecular formula is C13H18FIN4. The molecule has 0 atom stereocenters. The lowest BCUT2D eigenvalue weighted by molar-refractivity contribution is 0.608. The zero-order valence-electron chi connectivity index (χ0n) is 11.0. The molecule has 104 valence electrons. The van der Waals surface area contributed by atoms with Crippen LogP contribution < -0.4 is 11.1 Å². The minimum absolute atomic E-state index is 0. The topological polar surface area (TPSA) is 74.2 Å². The molecule has 0 fully saturated rings. The fraction of sp³-hybridized carbons (Fsp3) is 0.385. The second-order valence-electron chi connectivity index (χ2n) is 4.39. The van der Waals surface area contributed by atoms with Gasteiger partial charge in [-0.15, -0.1) is 24.0 Å². The standard InChI is InChI=1S/C13H17FN4.HI/c1-9(2)7-17-13(16)18-8-11-5-10(6-15)3-4-12(11)14;/h3-5,9H,7-8H2,1-2H3,(H3,16,17,18);1H. The fourth-order valence-corrected chi connectivity index (χ4v) is 1.30. The Labute approximate surface area is 129 Å². The quantitative estimate of drug-likeness (QED) is 0.482. The van der Waals surface area contributed by atoms with E-state index in [2.05, 4.69) is 24.2 Å². The van der Waals surface area contributed by atoms with Gasteiger partial charge in [0, 0.05) is 12.1 Å². The van der Waals surface area contributed by atoms with Gasteiger partial charge in [-0.3, -0.25) is 0 Å². The summed E-state index contributed by atoms with van der Waals surface area (Å²) in [5.41, 5.74) is 6.42. The molecule has 1 aromatic rings. The number of halogens is 2. The third kappa shape index (κ3) is 6.38. The molecule has 0 aliphatic carbocycles. The summed E-state index contributed by atoms with van der Waals surface area (Å²) >= 11 is 0. The maximum absolute atomic E-state index is 13.4. The van der Waals surface area contributed by atoms with Crippen molar-refractivity contribution in [2.45, 2.75) is 20.4 Å². The third-order valence-corrected chi connectivity index (χ3v) is 2.29. The molecule has 0 amide bonds. The van der Waals surface area contributed by atoms with Crippen LogP contribution in [0.3, 0.4) is 0 Å². The Balaban J connectivity index is 0.00000324. The molecule has 19 heavy (non-hydrogen) atoms. The van der Waals surface area contributed by atoms with E-state index in [1.807, 2.05) is 6.07 Å². The summed E-state index contributed by atoms with van der Waals surface area (Å²) in [5, 5.41) is 11.7. The number of aliphatic imine (C=N–C) groups is 1. The summed E-state index contributed by atoms with van der Waals surface area (Å²) in [5.74, 6) is 0.359. The Hall–Kier alpha value is -1.36. The molecule has 0 aliphatic heterocycles. The van der Waals surface area contributed by atoms with Crippen molar-refractivity contribution in [3.8, 4) is 6.07 Å². The lowest BCUT2D eigenvalue weighted by Gasteiger charge is -2.08. The summed E-state index contributed by atoms with van der Waals surface area (Å²) in [4.78, 5) is 4.04. The minimum atomic E-state index is -0.380. The summed E-state index contributed by atoms with van der Waals surface area (Å²) < 4.78 is 13.4. The van der Waals surface area contributed by atoms with Crippen LogP contribution in [0.4, 0.5) is 4.39 Å². The third-order valence-electron chi connectivity index (χ3n) is 2.29. The van der Waals surface area contributed by atoms with Crippen LogP contribution in [0.25, 0.3) is 0 Å². The van der Waals surface area contributed by atoms with Crippen molar-refractivity contribution in [3.05, 3.63) is 35.1 Å². The predicted octanol–water partition coefficient (Wildman–Crippen LogP) is 2.38. The Morgan fingerprint density at radius 1 is 1.53 bits per heavy atom. The van der Waals surface area contributed by atoms with Crippen molar-refractivity contribution < 1.29 is 4.39 Å². The van der Waals surface area contributed by atoms with Gasteiger partial charge in [-0.05, 0) is 24.1 Å². The van der Waals surface area contributed by atoms with E-state index < -0.39 is 0 Å². The van der Waals surface area contributed by atoms with Crippen molar-refractivity contribution in [1.29, 1.82) is 5.26 Å². The van der Waals surface area contributed by atoms with Gasteiger partial charge in [0.25, 0.3) is 0 Å². The van der Waals surface area contributed by atoms with Crippen LogP contribution in [0, 0.1) is 23.1 Å². The number of nitriles is 1. The van der Waals surface area contributed by atoms with E-state index in [0.717, 1.165) is 6.54 Å². The first kappa shape index (κ1) is 17.6. The van der Waals surface area contributed by atoms with E-state index in [1.54, 1.807) is 0 Å². The second-order valence-corrected chi connectivity index (χ2v) is 4.39. The fourth-order valence-electron chi connectivity index (χ4n) is 1.30. The van der Waals surface area contributed by atoms with Crippen molar-refractivity contribution >= 4 is 29.9 Å². The number of nitrogens with zero attached hydrogens (tertiary/aromatic N) is 2. The van der Waals surface area contributed by atoms with E-state index >= 15 is 0 Å². The SMILES string of the molecule is CC(C)CNC(N)=NCc1cc(C#N)ccc1F.I. The summed E-state index contributed by atoms with van der Waals surface area (Å²) in [6, 6.07) is 6.14. The monoisotopic (exact) mass is 376 g/mol. The maximum atomic E-state index is 13.4. The zero-order chi connectivity index (χ0) is 13.5. The van der Waals surface area contributed by atoms with Gasteiger partial charge in [-0.25, -0.2) is 9.38 Å². The molecular weight excluding hydrogens is 358 g/mol. The first-order chi connectivity index (χ1) is 8.52. The van der Waals surface area contributed by atoms with Gasteiger partial charge < -0.3 is 11.1 Å². The van der Waals surface area contributed by atoms with Crippen LogP contribution in [0.15, 0.2) is 23.2 Å². The van der Waals surface area contributed by atoms with Crippen LogP contribution in [0.5, 0.6) is 0 Å². The number of nitrogens with one attached hydrogen (secondary N) is 1. The Morgan fingerprint density at radius 3 is 2.79 bits per heavy atom. The van der Waals surface area contributed by atoms with E-state index in [4.69, 9.17) is 11.0 Å². The average molecular weight is 376 g/mol. The molecule has 0 spiro atoms. The zero-order valence-corrected chi connectivity index (χ0v) is 13.3. The molecule has 0 saturated carbocycles. The van der Waals surface area contributed by atoms with Crippen molar-refractivity contribution in [2.24, 2.45) is 16.6 Å². The average Bonchev–Trinajstić information content (AvgIpc) is 2.35. The van der Waals surface area contributed by atoms with Gasteiger partial charge in [0.15, 0.2) is 5.96 Å². The highest BCUT2D eigenvalue weighted by atomic mass is 127. The molecule has 0 saturated heterocycles. The van der Waals surface area contributed by atoms with Crippen LogP contribution >= 0.6 is 24.0 Å². The molecule has 1 aromatic carbocycles. The van der Waals surface area contributed by atoms with E-state index in [0.29, 0.717) is 17.0 Å². The molecule has 0 aromatic heterocycles. The highest BCUT2D eigenvalue weighted by Crippen LogP contribution is 2.11. The highest BCUT2D eigenvalue weighted by Gasteiger charge is 2.03. The van der Waals surface area contributed by atoms with Crippen molar-refractivity contribution in [1.82, 2.24) is 5.32 Å². The van der Waals surface area contributed by atoms with Crippen LogP contribution in [-0.2, 0) is 6.54 Å². The molecule has 0 heterocycles. The summed E-state index contributed by atoms with van der Waals surface area (Å²) in [6.45, 7) is 4.95. The molecule has 4 nitrogen and oxygen atoms in total. The van der Waals surface area contributed by atoms with Crippen molar-refractivity contribution in [3.63, 3.8) is 0 Å². The Bertz CT molecular complexity index is 480. The predicted molar refractivity (Wildman–Crippen MR) is 84.7 cm³/mol. The number of guanidine groups is 1. The number of rotatable bonds is 4. The number of benzene rings is 1. The van der Waals surface area contributed by atoms with Gasteiger partial charge in [0.2, 0.25) is 0 Å². The second kappa shape index (κ2) is 8.69. The molecule has 0 radical (unpaired) electrons. The van der Waals surface area contributed by atoms with Crippen LogP contribution in [0.2, 0.25) is 0 Å². The van der Waals surface area contributed by atoms with Gasteiger partial charge in [-0.2, -0.15) is 5.26 Å². The van der Waals surface area contributed by atoms with Gasteiger partial charge in [-0.1, -0.05) is 13.8 Å². The molecule has 1 rings (SSSR count). The van der Waals surface area contributed by atoms with Gasteiger partial charge >= 0.3 is 0 Å². The Kier molecular flexibility index (Phi) is 8.07.